The highest BCUT2D eigenvalue weighted by Crippen LogP contribution is 2.34. The van der Waals surface area contributed by atoms with E-state index in [2.05, 4.69) is 5.32 Å². The fourth-order valence-electron chi connectivity index (χ4n) is 3.39. The van der Waals surface area contributed by atoms with Gasteiger partial charge in [0.25, 0.3) is 0 Å². The fraction of sp³-hybridized carbons (Fsp3) is 0.611. The van der Waals surface area contributed by atoms with Crippen molar-refractivity contribution in [3.8, 4) is 11.5 Å². The van der Waals surface area contributed by atoms with Gasteiger partial charge in [0, 0.05) is 6.42 Å². The second-order valence-corrected chi connectivity index (χ2v) is 6.44. The largest absolute Gasteiger partial charge is 0.454 e. The van der Waals surface area contributed by atoms with Gasteiger partial charge in [-0.3, -0.25) is 4.79 Å². The summed E-state index contributed by atoms with van der Waals surface area (Å²) in [6.45, 7) is 2.29. The van der Waals surface area contributed by atoms with Gasteiger partial charge < -0.3 is 14.8 Å². The van der Waals surface area contributed by atoms with Crippen molar-refractivity contribution < 1.29 is 14.3 Å². The fourth-order valence-corrected chi connectivity index (χ4v) is 3.39. The molecule has 1 saturated carbocycles. The van der Waals surface area contributed by atoms with E-state index in [1.54, 1.807) is 0 Å². The zero-order chi connectivity index (χ0) is 15.4. The Bertz CT molecular complexity index is 523. The van der Waals surface area contributed by atoms with Crippen molar-refractivity contribution in [3.05, 3.63) is 23.8 Å². The normalized spacial score (nSPS) is 19.0. The van der Waals surface area contributed by atoms with Gasteiger partial charge in [-0.05, 0) is 37.0 Å². The second-order valence-electron chi connectivity index (χ2n) is 6.44. The lowest BCUT2D eigenvalue weighted by molar-refractivity contribution is -0.122. The number of nitrogens with one attached hydrogen (secondary N) is 1. The highest BCUT2D eigenvalue weighted by molar-refractivity contribution is 5.76. The number of carbonyl (C=O) groups is 1. The molecule has 0 unspecified atom stereocenters. The van der Waals surface area contributed by atoms with E-state index in [1.165, 1.54) is 32.1 Å². The lowest BCUT2D eigenvalue weighted by atomic mass is 9.86. The molecule has 1 fully saturated rings. The predicted molar refractivity (Wildman–Crippen MR) is 84.9 cm³/mol. The van der Waals surface area contributed by atoms with E-state index in [9.17, 15) is 4.79 Å². The monoisotopic (exact) mass is 303 g/mol. The number of hydrogen-bond donors (Lipinski definition) is 1. The number of benzene rings is 1. The van der Waals surface area contributed by atoms with Crippen molar-refractivity contribution in [1.29, 1.82) is 0 Å². The summed E-state index contributed by atoms with van der Waals surface area (Å²) in [7, 11) is 0. The molecule has 0 spiro atoms. The molecule has 0 saturated heterocycles. The highest BCUT2D eigenvalue weighted by Gasteiger charge is 2.18. The molecule has 1 aromatic carbocycles. The summed E-state index contributed by atoms with van der Waals surface area (Å²) in [6.07, 6.45) is 8.29. The van der Waals surface area contributed by atoms with Crippen molar-refractivity contribution >= 4 is 5.91 Å². The molecule has 3 rings (SSSR count). The van der Waals surface area contributed by atoms with Crippen LogP contribution in [0, 0.1) is 5.92 Å². The molecule has 0 aromatic heterocycles. The Morgan fingerprint density at radius 2 is 2.00 bits per heavy atom. The maximum Gasteiger partial charge on any atom is 0.231 e. The minimum absolute atomic E-state index is 0.00615. The average Bonchev–Trinajstić information content (AvgIpc) is 3.01. The van der Waals surface area contributed by atoms with Gasteiger partial charge in [0.2, 0.25) is 12.7 Å². The molecule has 4 nitrogen and oxygen atoms in total. The van der Waals surface area contributed by atoms with Gasteiger partial charge in [-0.25, -0.2) is 0 Å². The number of carbonyl (C=O) groups excluding carboxylic acids is 1. The van der Waals surface area contributed by atoms with E-state index in [0.29, 0.717) is 6.42 Å². The zero-order valence-corrected chi connectivity index (χ0v) is 13.3. The first-order valence-corrected chi connectivity index (χ1v) is 8.41. The number of rotatable bonds is 5. The van der Waals surface area contributed by atoms with Crippen molar-refractivity contribution in [2.75, 3.05) is 6.79 Å². The van der Waals surface area contributed by atoms with E-state index in [4.69, 9.17) is 9.47 Å². The number of fused-ring (bicyclic) bond motifs is 1. The lowest BCUT2D eigenvalue weighted by Gasteiger charge is -2.21. The van der Waals surface area contributed by atoms with Gasteiger partial charge >= 0.3 is 0 Å². The molecule has 2 aliphatic rings. The topological polar surface area (TPSA) is 47.6 Å². The molecule has 1 aliphatic carbocycles. The summed E-state index contributed by atoms with van der Waals surface area (Å²) in [6, 6.07) is 5.84. The van der Waals surface area contributed by atoms with Crippen LogP contribution in [0.4, 0.5) is 0 Å². The Kier molecular flexibility index (Phi) is 4.86. The summed E-state index contributed by atoms with van der Waals surface area (Å²) in [5.41, 5.74) is 1.05. The van der Waals surface area contributed by atoms with Crippen molar-refractivity contribution in [3.63, 3.8) is 0 Å². The van der Waals surface area contributed by atoms with Crippen molar-refractivity contribution in [1.82, 2.24) is 5.32 Å². The molecule has 0 radical (unpaired) electrons. The minimum atomic E-state index is -0.00615. The standard InChI is InChI=1S/C18H25NO3/c1-13(15-8-9-16-17(11-15)22-12-21-16)19-18(20)10-7-14-5-3-2-4-6-14/h8-9,11,13-14H,2-7,10,12H2,1H3,(H,19,20)/t13-/m0/s1. The quantitative estimate of drug-likeness (QED) is 0.896. The van der Waals surface area contributed by atoms with Crippen LogP contribution in [0.15, 0.2) is 18.2 Å². The van der Waals surface area contributed by atoms with E-state index in [0.717, 1.165) is 29.4 Å². The van der Waals surface area contributed by atoms with Crippen LogP contribution in [0.25, 0.3) is 0 Å². The second kappa shape index (κ2) is 7.03. The Morgan fingerprint density at radius 3 is 2.82 bits per heavy atom. The lowest BCUT2D eigenvalue weighted by Crippen LogP contribution is -2.27. The van der Waals surface area contributed by atoms with Crippen LogP contribution in [0.1, 0.15) is 63.5 Å². The molecule has 1 amide bonds. The van der Waals surface area contributed by atoms with Gasteiger partial charge in [0.15, 0.2) is 11.5 Å². The van der Waals surface area contributed by atoms with Crippen LogP contribution in [-0.4, -0.2) is 12.7 Å². The van der Waals surface area contributed by atoms with Crippen LogP contribution < -0.4 is 14.8 Å². The molecule has 1 aromatic rings. The van der Waals surface area contributed by atoms with Crippen LogP contribution >= 0.6 is 0 Å². The molecular weight excluding hydrogens is 278 g/mol. The van der Waals surface area contributed by atoms with Gasteiger partial charge in [-0.1, -0.05) is 38.2 Å². The van der Waals surface area contributed by atoms with E-state index >= 15 is 0 Å². The molecule has 0 bridgehead atoms. The van der Waals surface area contributed by atoms with Gasteiger partial charge in [-0.15, -0.1) is 0 Å². The number of ether oxygens (including phenoxy) is 2. The third-order valence-electron chi connectivity index (χ3n) is 4.78. The molecule has 4 heteroatoms. The molecule has 1 N–H and O–H groups in total. The summed E-state index contributed by atoms with van der Waals surface area (Å²) in [5.74, 6) is 2.44. The van der Waals surface area contributed by atoms with Crippen LogP contribution in [0.2, 0.25) is 0 Å². The first-order chi connectivity index (χ1) is 10.7. The Morgan fingerprint density at radius 1 is 1.23 bits per heavy atom. The molecule has 1 aliphatic heterocycles. The van der Waals surface area contributed by atoms with Crippen LogP contribution in [0.3, 0.4) is 0 Å². The predicted octanol–water partition coefficient (Wildman–Crippen LogP) is 3.95. The Hall–Kier alpha value is -1.71. The van der Waals surface area contributed by atoms with Crippen LogP contribution in [-0.2, 0) is 4.79 Å². The molecule has 22 heavy (non-hydrogen) atoms. The summed E-state index contributed by atoms with van der Waals surface area (Å²) >= 11 is 0. The highest BCUT2D eigenvalue weighted by atomic mass is 16.7. The molecule has 1 heterocycles. The van der Waals surface area contributed by atoms with Crippen molar-refractivity contribution in [2.24, 2.45) is 5.92 Å². The summed E-state index contributed by atoms with van der Waals surface area (Å²) < 4.78 is 10.7. The smallest absolute Gasteiger partial charge is 0.231 e. The SMILES string of the molecule is C[C@H](NC(=O)CCC1CCCCC1)c1ccc2c(c1)OCO2. The first kappa shape index (κ1) is 15.2. The molecule has 1 atom stereocenters. The van der Waals surface area contributed by atoms with E-state index in [1.807, 2.05) is 25.1 Å². The first-order valence-electron chi connectivity index (χ1n) is 8.41. The van der Waals surface area contributed by atoms with Gasteiger partial charge in [0.05, 0.1) is 6.04 Å². The zero-order valence-electron chi connectivity index (χ0n) is 13.3. The third kappa shape index (κ3) is 3.73. The maximum atomic E-state index is 12.1. The van der Waals surface area contributed by atoms with Gasteiger partial charge in [-0.2, -0.15) is 0 Å². The molecule has 120 valence electrons. The van der Waals surface area contributed by atoms with Gasteiger partial charge in [0.1, 0.15) is 0 Å². The maximum absolute atomic E-state index is 12.1. The Labute approximate surface area is 132 Å². The average molecular weight is 303 g/mol. The van der Waals surface area contributed by atoms with E-state index < -0.39 is 0 Å². The Balaban J connectivity index is 1.48. The summed E-state index contributed by atoms with van der Waals surface area (Å²) in [4.78, 5) is 12.1. The summed E-state index contributed by atoms with van der Waals surface area (Å²) in [5, 5.41) is 3.09. The molecular formula is C18H25NO3. The van der Waals surface area contributed by atoms with Crippen LogP contribution in [0.5, 0.6) is 11.5 Å². The minimum Gasteiger partial charge on any atom is -0.454 e. The van der Waals surface area contributed by atoms with Crippen molar-refractivity contribution in [2.45, 2.75) is 57.9 Å². The van der Waals surface area contributed by atoms with E-state index in [-0.39, 0.29) is 18.7 Å². The number of amides is 1. The number of hydrogen-bond acceptors (Lipinski definition) is 3. The third-order valence-corrected chi connectivity index (χ3v) is 4.78.